The Bertz CT molecular complexity index is 834. The Labute approximate surface area is 126 Å². The summed E-state index contributed by atoms with van der Waals surface area (Å²) in [5, 5.41) is 18.2. The van der Waals surface area contributed by atoms with E-state index in [0.29, 0.717) is 24.9 Å². The number of pyridine rings is 1. The first-order chi connectivity index (χ1) is 10.3. The van der Waals surface area contributed by atoms with Gasteiger partial charge in [0.15, 0.2) is 11.3 Å². The number of nitrogens with one attached hydrogen (secondary N) is 1. The minimum atomic E-state index is -1.06. The first-order valence-corrected chi connectivity index (χ1v) is 6.97. The number of rotatable bonds is 3. The van der Waals surface area contributed by atoms with Crippen LogP contribution in [-0.4, -0.2) is 41.0 Å². The van der Waals surface area contributed by atoms with Gasteiger partial charge in [0.1, 0.15) is 11.2 Å². The van der Waals surface area contributed by atoms with Gasteiger partial charge in [-0.3, -0.25) is 5.41 Å². The van der Waals surface area contributed by atoms with Crippen LogP contribution in [0.2, 0.25) is 0 Å². The summed E-state index contributed by atoms with van der Waals surface area (Å²) in [6, 6.07) is 1.52. The Morgan fingerprint density at radius 3 is 2.59 bits per heavy atom. The SMILES string of the molecule is COC(O)=c1cc(N(C)C23CC(F)(C2)C3)c(=C=O)n(C)c1=N. The second-order valence-corrected chi connectivity index (χ2v) is 6.28. The average Bonchev–Trinajstić information content (AvgIpc) is 2.44. The average molecular weight is 307 g/mol. The van der Waals surface area contributed by atoms with E-state index in [1.807, 2.05) is 10.8 Å². The van der Waals surface area contributed by atoms with Gasteiger partial charge < -0.3 is 19.3 Å². The maximum atomic E-state index is 13.8. The van der Waals surface area contributed by atoms with Crippen molar-refractivity contribution in [2.24, 2.45) is 7.05 Å². The van der Waals surface area contributed by atoms with E-state index in [-0.39, 0.29) is 21.6 Å². The number of methoxy groups -OCH3 is 1. The summed E-state index contributed by atoms with van der Waals surface area (Å²) in [6.07, 6.45) is 1.32. The number of aliphatic hydroxyl groups is 1. The molecular formula is C15H18FN3O3. The molecule has 2 N–H and O–H groups in total. The third-order valence-electron chi connectivity index (χ3n) is 4.98. The standard InChI is InChI=1S/C15H18FN3O3/c1-18-11(5-20)10(4-9(12(18)17)13(21)22-3)19(2)15-6-14(16,7-15)8-15/h4,17,21H,6-8H2,1-3H3. The molecule has 0 aromatic carbocycles. The van der Waals surface area contributed by atoms with Crippen LogP contribution in [0.1, 0.15) is 19.3 Å². The minimum absolute atomic E-state index is 0.0607. The number of hydrogen-bond donors (Lipinski definition) is 2. The molecule has 2 bridgehead atoms. The molecule has 0 unspecified atom stereocenters. The van der Waals surface area contributed by atoms with Crippen LogP contribution >= 0.6 is 0 Å². The van der Waals surface area contributed by atoms with Crippen LogP contribution in [0.25, 0.3) is 5.95 Å². The van der Waals surface area contributed by atoms with Gasteiger partial charge in [0, 0.05) is 38.9 Å². The van der Waals surface area contributed by atoms with E-state index in [2.05, 4.69) is 0 Å². The highest BCUT2D eigenvalue weighted by atomic mass is 19.1. The Balaban J connectivity index is 2.22. The number of carbonyl (C=O) groups excluding carboxylic acids is 1. The molecule has 3 saturated carbocycles. The van der Waals surface area contributed by atoms with Gasteiger partial charge in [-0.2, -0.15) is 0 Å². The summed E-state index contributed by atoms with van der Waals surface area (Å²) >= 11 is 0. The van der Waals surface area contributed by atoms with Crippen molar-refractivity contribution in [3.63, 3.8) is 0 Å². The molecular weight excluding hydrogens is 289 g/mol. The fourth-order valence-electron chi connectivity index (χ4n) is 3.61. The van der Waals surface area contributed by atoms with Crippen LogP contribution in [0.5, 0.6) is 0 Å². The number of alkyl halides is 1. The van der Waals surface area contributed by atoms with Gasteiger partial charge in [-0.25, -0.2) is 9.18 Å². The molecule has 0 aliphatic heterocycles. The number of ether oxygens (including phenoxy) is 1. The number of aromatic nitrogens is 1. The zero-order chi connectivity index (χ0) is 16.3. The Morgan fingerprint density at radius 2 is 2.14 bits per heavy atom. The lowest BCUT2D eigenvalue weighted by Gasteiger charge is -2.69. The predicted molar refractivity (Wildman–Crippen MR) is 77.2 cm³/mol. The summed E-state index contributed by atoms with van der Waals surface area (Å²) in [4.78, 5) is 13.2. The number of hydrogen-bond acceptors (Lipinski definition) is 5. The lowest BCUT2D eigenvalue weighted by Crippen LogP contribution is -2.77. The fraction of sp³-hybridized carbons (Fsp3) is 0.533. The molecule has 1 aromatic rings. The van der Waals surface area contributed by atoms with Crippen molar-refractivity contribution >= 4 is 17.6 Å². The van der Waals surface area contributed by atoms with Crippen molar-refractivity contribution in [2.75, 3.05) is 19.1 Å². The Morgan fingerprint density at radius 1 is 1.55 bits per heavy atom. The van der Waals surface area contributed by atoms with Crippen LogP contribution in [-0.2, 0) is 16.6 Å². The summed E-state index contributed by atoms with van der Waals surface area (Å²) in [7, 11) is 4.64. The van der Waals surface area contributed by atoms with E-state index < -0.39 is 11.6 Å². The fourth-order valence-corrected chi connectivity index (χ4v) is 3.61. The zero-order valence-electron chi connectivity index (χ0n) is 12.7. The lowest BCUT2D eigenvalue weighted by molar-refractivity contribution is -0.150. The molecule has 3 aliphatic rings. The van der Waals surface area contributed by atoms with E-state index in [0.717, 1.165) is 0 Å². The van der Waals surface area contributed by atoms with Gasteiger partial charge in [0.05, 0.1) is 18.0 Å². The topological polar surface area (TPSA) is 78.6 Å². The van der Waals surface area contributed by atoms with E-state index in [1.165, 1.54) is 17.7 Å². The number of aliphatic hydroxyl groups excluding tert-OH is 1. The van der Waals surface area contributed by atoms with Gasteiger partial charge in [-0.05, 0) is 6.07 Å². The molecule has 7 heteroatoms. The van der Waals surface area contributed by atoms with Crippen molar-refractivity contribution in [1.29, 1.82) is 5.41 Å². The molecule has 22 heavy (non-hydrogen) atoms. The summed E-state index contributed by atoms with van der Waals surface area (Å²) in [5.74, 6) is 1.45. The van der Waals surface area contributed by atoms with Gasteiger partial charge in [-0.1, -0.05) is 0 Å². The molecule has 0 atom stereocenters. The van der Waals surface area contributed by atoms with Crippen LogP contribution in [0.15, 0.2) is 6.07 Å². The molecule has 0 radical (unpaired) electrons. The highest BCUT2D eigenvalue weighted by molar-refractivity contribution is 5.61. The van der Waals surface area contributed by atoms with Crippen molar-refractivity contribution in [3.05, 3.63) is 22.1 Å². The molecule has 118 valence electrons. The van der Waals surface area contributed by atoms with Gasteiger partial charge in [0.25, 0.3) is 5.95 Å². The summed E-state index contributed by atoms with van der Waals surface area (Å²) < 4.78 is 19.9. The van der Waals surface area contributed by atoms with Crippen LogP contribution in [0.4, 0.5) is 10.1 Å². The van der Waals surface area contributed by atoms with E-state index in [4.69, 9.17) is 10.1 Å². The summed E-state index contributed by atoms with van der Waals surface area (Å²) in [5.41, 5.74) is -0.889. The number of anilines is 1. The first-order valence-electron chi connectivity index (χ1n) is 6.97. The first kappa shape index (κ1) is 14.7. The predicted octanol–water partition coefficient (Wildman–Crippen LogP) is -0.641. The third-order valence-corrected chi connectivity index (χ3v) is 4.98. The number of nitrogens with zero attached hydrogens (tertiary/aromatic N) is 2. The van der Waals surface area contributed by atoms with Crippen molar-refractivity contribution < 1.29 is 19.0 Å². The van der Waals surface area contributed by atoms with E-state index in [1.54, 1.807) is 14.1 Å². The molecule has 0 saturated heterocycles. The van der Waals surface area contributed by atoms with E-state index in [9.17, 15) is 14.3 Å². The monoisotopic (exact) mass is 307 g/mol. The van der Waals surface area contributed by atoms with E-state index >= 15 is 0 Å². The second-order valence-electron chi connectivity index (χ2n) is 6.28. The molecule has 0 spiro atoms. The van der Waals surface area contributed by atoms with Crippen molar-refractivity contribution in [3.8, 4) is 0 Å². The normalized spacial score (nSPS) is 29.8. The molecule has 1 heterocycles. The maximum absolute atomic E-state index is 13.8. The number of halogens is 1. The highest BCUT2D eigenvalue weighted by Crippen LogP contribution is 2.65. The molecule has 6 nitrogen and oxygen atoms in total. The smallest absolute Gasteiger partial charge is 0.287 e. The molecule has 3 fully saturated rings. The van der Waals surface area contributed by atoms with Crippen LogP contribution in [0, 0.1) is 5.41 Å². The van der Waals surface area contributed by atoms with Crippen LogP contribution in [0.3, 0.4) is 0 Å². The zero-order valence-corrected chi connectivity index (χ0v) is 12.7. The quantitative estimate of drug-likeness (QED) is 0.778. The Hall–Kier alpha value is -2.27. The molecule has 3 aliphatic carbocycles. The molecule has 1 aromatic heterocycles. The molecule has 4 rings (SSSR count). The van der Waals surface area contributed by atoms with Crippen molar-refractivity contribution in [2.45, 2.75) is 30.5 Å². The van der Waals surface area contributed by atoms with Crippen molar-refractivity contribution in [1.82, 2.24) is 4.57 Å². The largest absolute Gasteiger partial charge is 0.480 e. The highest BCUT2D eigenvalue weighted by Gasteiger charge is 2.71. The van der Waals surface area contributed by atoms with Gasteiger partial charge in [-0.15, -0.1) is 0 Å². The third kappa shape index (κ3) is 1.72. The van der Waals surface area contributed by atoms with Crippen LogP contribution < -0.4 is 21.0 Å². The second kappa shape index (κ2) is 4.36. The van der Waals surface area contributed by atoms with Gasteiger partial charge >= 0.3 is 0 Å². The maximum Gasteiger partial charge on any atom is 0.287 e. The Kier molecular flexibility index (Phi) is 2.91. The van der Waals surface area contributed by atoms with Gasteiger partial charge in [0.2, 0.25) is 0 Å². The lowest BCUT2D eigenvalue weighted by atomic mass is 9.46. The summed E-state index contributed by atoms with van der Waals surface area (Å²) in [6.45, 7) is 0. The molecule has 0 amide bonds. The minimum Gasteiger partial charge on any atom is -0.480 e.